The zero-order chi connectivity index (χ0) is 21.3. The van der Waals surface area contributed by atoms with Crippen LogP contribution in [0.2, 0.25) is 10.0 Å². The maximum Gasteiger partial charge on any atom is 0.318 e. The number of benzene rings is 1. The first-order valence-corrected chi connectivity index (χ1v) is 11.1. The van der Waals surface area contributed by atoms with Crippen LogP contribution in [0.3, 0.4) is 0 Å². The Morgan fingerprint density at radius 1 is 1.10 bits per heavy atom. The fraction of sp³-hybridized carbons (Fsp3) is 0.478. The summed E-state index contributed by atoms with van der Waals surface area (Å²) in [5.74, 6) is 6.95. The smallest absolute Gasteiger partial charge is 0.318 e. The number of carbonyl (C=O) groups excluding carboxylic acids is 2. The summed E-state index contributed by atoms with van der Waals surface area (Å²) in [6.45, 7) is 4.08. The number of hydrogen-bond acceptors (Lipinski definition) is 2. The number of rotatable bonds is 3. The number of piperazine rings is 1. The highest BCUT2D eigenvalue weighted by Crippen LogP contribution is 2.35. The Morgan fingerprint density at radius 3 is 2.37 bits per heavy atom. The van der Waals surface area contributed by atoms with Crippen molar-refractivity contribution in [2.24, 2.45) is 5.92 Å². The van der Waals surface area contributed by atoms with Gasteiger partial charge in [0.2, 0.25) is 5.91 Å². The molecule has 30 heavy (non-hydrogen) atoms. The standard InChI is InChI=1S/C23H25Cl2N3O2/c1-16(14-17-2-3-17)21(29)27-10-12-28(13-11-27)22(30)26-23(8-9-23)7-6-18-4-5-19(24)20(25)15-18/h4-5,14-15,17H,2-3,8-13H2,1H3,(H,26,30)/b16-14+. The number of urea groups is 1. The molecule has 0 atom stereocenters. The second-order valence-electron chi connectivity index (χ2n) is 8.36. The van der Waals surface area contributed by atoms with Gasteiger partial charge in [0.05, 0.1) is 10.0 Å². The summed E-state index contributed by atoms with van der Waals surface area (Å²) < 4.78 is 0. The van der Waals surface area contributed by atoms with Gasteiger partial charge in [-0.1, -0.05) is 41.1 Å². The number of allylic oxidation sites excluding steroid dienone is 1. The quantitative estimate of drug-likeness (QED) is 0.562. The van der Waals surface area contributed by atoms with Crippen LogP contribution in [-0.4, -0.2) is 53.5 Å². The normalized spacial score (nSPS) is 20.3. The van der Waals surface area contributed by atoms with E-state index in [1.165, 1.54) is 12.8 Å². The number of hydrogen-bond donors (Lipinski definition) is 1. The lowest BCUT2D eigenvalue weighted by molar-refractivity contribution is -0.128. The minimum absolute atomic E-state index is 0.0908. The highest BCUT2D eigenvalue weighted by molar-refractivity contribution is 6.42. The van der Waals surface area contributed by atoms with Crippen molar-refractivity contribution in [2.75, 3.05) is 26.2 Å². The van der Waals surface area contributed by atoms with Crippen molar-refractivity contribution >= 4 is 35.1 Å². The van der Waals surface area contributed by atoms with Gasteiger partial charge in [-0.3, -0.25) is 4.79 Å². The van der Waals surface area contributed by atoms with Crippen molar-refractivity contribution in [3.8, 4) is 11.8 Å². The van der Waals surface area contributed by atoms with E-state index >= 15 is 0 Å². The summed E-state index contributed by atoms with van der Waals surface area (Å²) in [6.07, 6.45) is 6.13. The Hall–Kier alpha value is -2.16. The lowest BCUT2D eigenvalue weighted by Gasteiger charge is -2.35. The zero-order valence-electron chi connectivity index (χ0n) is 17.0. The molecule has 4 rings (SSSR count). The van der Waals surface area contributed by atoms with Crippen LogP contribution < -0.4 is 5.32 Å². The topological polar surface area (TPSA) is 52.7 Å². The van der Waals surface area contributed by atoms with Gasteiger partial charge < -0.3 is 15.1 Å². The first-order valence-electron chi connectivity index (χ1n) is 10.4. The minimum atomic E-state index is -0.472. The Bertz CT molecular complexity index is 947. The molecule has 0 bridgehead atoms. The summed E-state index contributed by atoms with van der Waals surface area (Å²) >= 11 is 12.0. The number of nitrogens with one attached hydrogen (secondary N) is 1. The minimum Gasteiger partial charge on any atom is -0.335 e. The van der Waals surface area contributed by atoms with Gasteiger partial charge in [-0.25, -0.2) is 4.79 Å². The Balaban J connectivity index is 1.30. The second-order valence-corrected chi connectivity index (χ2v) is 9.17. The number of amides is 3. The van der Waals surface area contributed by atoms with Crippen LogP contribution in [0.1, 0.15) is 38.2 Å². The summed E-state index contributed by atoms with van der Waals surface area (Å²) in [6, 6.07) is 5.14. The van der Waals surface area contributed by atoms with Crippen LogP contribution in [0.15, 0.2) is 29.8 Å². The third-order valence-corrected chi connectivity index (χ3v) is 6.50. The number of halogens is 2. The summed E-state index contributed by atoms with van der Waals surface area (Å²) in [5, 5.41) is 4.03. The van der Waals surface area contributed by atoms with E-state index in [0.29, 0.717) is 42.1 Å². The van der Waals surface area contributed by atoms with Gasteiger partial charge in [-0.15, -0.1) is 0 Å². The molecule has 1 aliphatic heterocycles. The van der Waals surface area contributed by atoms with E-state index in [1.807, 2.05) is 17.9 Å². The fourth-order valence-corrected chi connectivity index (χ4v) is 3.80. The first-order chi connectivity index (χ1) is 14.3. The van der Waals surface area contributed by atoms with Crippen LogP contribution in [-0.2, 0) is 4.79 Å². The molecule has 1 N–H and O–H groups in total. The van der Waals surface area contributed by atoms with Crippen molar-refractivity contribution in [3.63, 3.8) is 0 Å². The van der Waals surface area contributed by atoms with Gasteiger partial charge in [-0.2, -0.15) is 0 Å². The van der Waals surface area contributed by atoms with Gasteiger partial charge in [0.15, 0.2) is 0 Å². The molecule has 3 fully saturated rings. The van der Waals surface area contributed by atoms with Crippen LogP contribution in [0, 0.1) is 17.8 Å². The van der Waals surface area contributed by atoms with E-state index in [9.17, 15) is 9.59 Å². The largest absolute Gasteiger partial charge is 0.335 e. The zero-order valence-corrected chi connectivity index (χ0v) is 18.5. The third kappa shape index (κ3) is 5.11. The van der Waals surface area contributed by atoms with Gasteiger partial charge in [0.25, 0.3) is 0 Å². The molecular weight excluding hydrogens is 421 g/mol. The van der Waals surface area contributed by atoms with Crippen molar-refractivity contribution < 1.29 is 9.59 Å². The lowest BCUT2D eigenvalue weighted by atomic mass is 10.2. The molecule has 7 heteroatoms. The third-order valence-electron chi connectivity index (χ3n) is 5.76. The van der Waals surface area contributed by atoms with Crippen LogP contribution in [0.25, 0.3) is 0 Å². The monoisotopic (exact) mass is 445 g/mol. The van der Waals surface area contributed by atoms with Crippen molar-refractivity contribution in [1.82, 2.24) is 15.1 Å². The average Bonchev–Trinajstić information content (AvgIpc) is 3.67. The van der Waals surface area contributed by atoms with E-state index in [4.69, 9.17) is 23.2 Å². The molecule has 1 heterocycles. The van der Waals surface area contributed by atoms with Gasteiger partial charge in [-0.05, 0) is 56.7 Å². The highest BCUT2D eigenvalue weighted by atomic mass is 35.5. The maximum absolute atomic E-state index is 12.7. The second kappa shape index (κ2) is 8.53. The Labute approximate surface area is 187 Å². The van der Waals surface area contributed by atoms with Crippen molar-refractivity contribution in [1.29, 1.82) is 0 Å². The predicted molar refractivity (Wildman–Crippen MR) is 118 cm³/mol. The lowest BCUT2D eigenvalue weighted by Crippen LogP contribution is -2.55. The van der Waals surface area contributed by atoms with Crippen molar-refractivity contribution in [2.45, 2.75) is 38.1 Å². The van der Waals surface area contributed by atoms with Gasteiger partial charge >= 0.3 is 6.03 Å². The van der Waals surface area contributed by atoms with E-state index in [-0.39, 0.29) is 11.9 Å². The molecule has 5 nitrogen and oxygen atoms in total. The summed E-state index contributed by atoms with van der Waals surface area (Å²) in [4.78, 5) is 28.9. The van der Waals surface area contributed by atoms with Crippen LogP contribution in [0.4, 0.5) is 4.79 Å². The molecule has 3 amide bonds. The molecule has 158 valence electrons. The molecule has 2 aliphatic carbocycles. The molecule has 0 aromatic heterocycles. The van der Waals surface area contributed by atoms with E-state index in [2.05, 4.69) is 23.2 Å². The number of nitrogens with zero attached hydrogens (tertiary/aromatic N) is 2. The molecule has 0 unspecified atom stereocenters. The van der Waals surface area contributed by atoms with E-state index in [0.717, 1.165) is 24.0 Å². The average molecular weight is 446 g/mol. The number of carbonyl (C=O) groups is 2. The van der Waals surface area contributed by atoms with Crippen LogP contribution in [0.5, 0.6) is 0 Å². The fourth-order valence-electron chi connectivity index (χ4n) is 3.51. The van der Waals surface area contributed by atoms with Gasteiger partial charge in [0, 0.05) is 37.3 Å². The molecule has 3 aliphatic rings. The van der Waals surface area contributed by atoms with Crippen LogP contribution >= 0.6 is 23.2 Å². The van der Waals surface area contributed by atoms with E-state index in [1.54, 1.807) is 17.0 Å². The molecule has 1 saturated heterocycles. The van der Waals surface area contributed by atoms with E-state index < -0.39 is 5.54 Å². The van der Waals surface area contributed by atoms with Crippen molar-refractivity contribution in [3.05, 3.63) is 45.5 Å². The SMILES string of the molecule is C/C(=C\C1CC1)C(=O)N1CCN(C(=O)NC2(C#Cc3ccc(Cl)c(Cl)c3)CC2)CC1. The molecule has 0 radical (unpaired) electrons. The molecule has 2 saturated carbocycles. The Kier molecular flexibility index (Phi) is 5.99. The predicted octanol–water partition coefficient (Wildman–Crippen LogP) is 4.09. The molecular formula is C23H25Cl2N3O2. The summed E-state index contributed by atoms with van der Waals surface area (Å²) in [7, 11) is 0. The maximum atomic E-state index is 12.7. The molecule has 1 aromatic carbocycles. The van der Waals surface area contributed by atoms with Gasteiger partial charge in [0.1, 0.15) is 5.54 Å². The molecule has 0 spiro atoms. The summed E-state index contributed by atoms with van der Waals surface area (Å²) in [5.41, 5.74) is 1.12. The Morgan fingerprint density at radius 2 is 1.77 bits per heavy atom. The molecule has 1 aromatic rings. The highest BCUT2D eigenvalue weighted by Gasteiger charge is 2.43. The first kappa shape index (κ1) is 21.1.